The molecule has 24 heavy (non-hydrogen) atoms. The number of anilines is 1. The quantitative estimate of drug-likeness (QED) is 0.772. The van der Waals surface area contributed by atoms with Crippen molar-refractivity contribution in [1.82, 2.24) is 10.1 Å². The average molecular weight is 329 g/mol. The van der Waals surface area contributed by atoms with Gasteiger partial charge in [-0.15, -0.1) is 0 Å². The van der Waals surface area contributed by atoms with Gasteiger partial charge in [0.25, 0.3) is 0 Å². The third-order valence-electron chi connectivity index (χ3n) is 4.20. The summed E-state index contributed by atoms with van der Waals surface area (Å²) in [5.74, 6) is 0.793. The van der Waals surface area contributed by atoms with Crippen molar-refractivity contribution in [1.29, 1.82) is 0 Å². The summed E-state index contributed by atoms with van der Waals surface area (Å²) >= 11 is 0. The molecule has 0 N–H and O–H groups in total. The van der Waals surface area contributed by atoms with Crippen molar-refractivity contribution in [2.75, 3.05) is 18.5 Å². The summed E-state index contributed by atoms with van der Waals surface area (Å²) in [6.45, 7) is 9.11. The minimum Gasteiger partial charge on any atom is -0.341 e. The summed E-state index contributed by atoms with van der Waals surface area (Å²) in [5, 5.41) is 4.31. The highest BCUT2D eigenvalue weighted by atomic mass is 16.5. The Kier molecular flexibility index (Phi) is 6.01. The fourth-order valence-electron chi connectivity index (χ4n) is 2.59. The Morgan fingerprint density at radius 1 is 1.25 bits per heavy atom. The molecule has 0 fully saturated rings. The second-order valence-corrected chi connectivity index (χ2v) is 6.33. The Labute approximate surface area is 144 Å². The van der Waals surface area contributed by atoms with E-state index in [-0.39, 0.29) is 11.9 Å². The van der Waals surface area contributed by atoms with Gasteiger partial charge in [0.2, 0.25) is 11.8 Å². The highest BCUT2D eigenvalue weighted by Crippen LogP contribution is 2.32. The second-order valence-electron chi connectivity index (χ2n) is 6.33. The summed E-state index contributed by atoms with van der Waals surface area (Å²) in [7, 11) is 1.99. The predicted octanol–water partition coefficient (Wildman–Crippen LogP) is 3.94. The number of benzene rings is 1. The number of amides is 1. The Balaban J connectivity index is 2.47. The van der Waals surface area contributed by atoms with E-state index in [1.54, 1.807) is 6.92 Å². The minimum absolute atomic E-state index is 0.0650. The van der Waals surface area contributed by atoms with Crippen molar-refractivity contribution in [3.63, 3.8) is 0 Å². The van der Waals surface area contributed by atoms with E-state index in [4.69, 9.17) is 4.52 Å². The standard InChI is InChI=1S/C19H27N3O2/c1-6-12-22(15(4)23)13-17-18(16-10-8-7-9-11-16)20-24-19(17)21(5)14(2)3/h7-11,14H,6,12-13H2,1-5H3. The Morgan fingerprint density at radius 3 is 2.46 bits per heavy atom. The second kappa shape index (κ2) is 7.99. The van der Waals surface area contributed by atoms with Gasteiger partial charge in [-0.3, -0.25) is 4.79 Å². The number of aromatic nitrogens is 1. The van der Waals surface area contributed by atoms with Crippen LogP contribution in [0.15, 0.2) is 34.9 Å². The molecule has 5 heteroatoms. The molecule has 0 aliphatic heterocycles. The van der Waals surface area contributed by atoms with Crippen LogP contribution in [0.2, 0.25) is 0 Å². The maximum Gasteiger partial charge on any atom is 0.232 e. The SMILES string of the molecule is CCCN(Cc1c(-c2ccccc2)noc1N(C)C(C)C)C(C)=O. The van der Waals surface area contributed by atoms with Gasteiger partial charge in [0.05, 0.1) is 12.1 Å². The Bertz CT molecular complexity index is 665. The molecule has 130 valence electrons. The van der Waals surface area contributed by atoms with Gasteiger partial charge in [-0.05, 0) is 20.3 Å². The minimum atomic E-state index is 0.0650. The van der Waals surface area contributed by atoms with Crippen LogP contribution in [0.5, 0.6) is 0 Å². The normalized spacial score (nSPS) is 10.9. The topological polar surface area (TPSA) is 49.6 Å². The molecule has 5 nitrogen and oxygen atoms in total. The molecule has 0 spiro atoms. The molecule has 1 amide bonds. The molecule has 0 unspecified atom stereocenters. The van der Waals surface area contributed by atoms with Gasteiger partial charge in [-0.2, -0.15) is 0 Å². The molecule has 1 aromatic heterocycles. The van der Waals surface area contributed by atoms with E-state index in [1.165, 1.54) is 0 Å². The van der Waals surface area contributed by atoms with Gasteiger partial charge >= 0.3 is 0 Å². The summed E-state index contributed by atoms with van der Waals surface area (Å²) in [6, 6.07) is 10.2. The highest BCUT2D eigenvalue weighted by Gasteiger charge is 2.24. The van der Waals surface area contributed by atoms with E-state index in [9.17, 15) is 4.79 Å². The maximum atomic E-state index is 12.0. The van der Waals surface area contributed by atoms with Crippen LogP contribution in [0, 0.1) is 0 Å². The number of hydrogen-bond acceptors (Lipinski definition) is 4. The lowest BCUT2D eigenvalue weighted by molar-refractivity contribution is -0.129. The van der Waals surface area contributed by atoms with Crippen molar-refractivity contribution < 1.29 is 9.32 Å². The van der Waals surface area contributed by atoms with Gasteiger partial charge in [0, 0.05) is 32.1 Å². The molecule has 2 aromatic rings. The molecular formula is C19H27N3O2. The third-order valence-corrected chi connectivity index (χ3v) is 4.20. The van der Waals surface area contributed by atoms with E-state index in [1.807, 2.05) is 42.3 Å². The summed E-state index contributed by atoms with van der Waals surface area (Å²) < 4.78 is 5.67. The first-order valence-corrected chi connectivity index (χ1v) is 8.48. The van der Waals surface area contributed by atoms with Crippen LogP contribution < -0.4 is 4.90 Å². The molecule has 2 rings (SSSR count). The first-order chi connectivity index (χ1) is 11.5. The molecule has 1 heterocycles. The van der Waals surface area contributed by atoms with Crippen molar-refractivity contribution in [3.05, 3.63) is 35.9 Å². The predicted molar refractivity (Wildman–Crippen MR) is 96.9 cm³/mol. The lowest BCUT2D eigenvalue weighted by atomic mass is 10.1. The first kappa shape index (κ1) is 18.0. The molecule has 0 atom stereocenters. The first-order valence-electron chi connectivity index (χ1n) is 8.48. The number of rotatable bonds is 7. The van der Waals surface area contributed by atoms with Gasteiger partial charge in [-0.1, -0.05) is 42.4 Å². The van der Waals surface area contributed by atoms with Crippen LogP contribution in [-0.2, 0) is 11.3 Å². The van der Waals surface area contributed by atoms with Crippen LogP contribution in [0.3, 0.4) is 0 Å². The average Bonchev–Trinajstić information content (AvgIpc) is 2.97. The molecule has 0 bridgehead atoms. The van der Waals surface area contributed by atoms with E-state index in [0.717, 1.165) is 35.7 Å². The molecule has 0 saturated carbocycles. The zero-order valence-corrected chi connectivity index (χ0v) is 15.2. The van der Waals surface area contributed by atoms with Gasteiger partial charge in [0.1, 0.15) is 5.69 Å². The lowest BCUT2D eigenvalue weighted by Gasteiger charge is -2.24. The van der Waals surface area contributed by atoms with E-state index in [0.29, 0.717) is 6.54 Å². The van der Waals surface area contributed by atoms with Crippen molar-refractivity contribution in [2.45, 2.75) is 46.7 Å². The monoisotopic (exact) mass is 329 g/mol. The van der Waals surface area contributed by atoms with Gasteiger partial charge < -0.3 is 14.3 Å². The van der Waals surface area contributed by atoms with Gasteiger partial charge in [0.15, 0.2) is 0 Å². The molecule has 1 aromatic carbocycles. The van der Waals surface area contributed by atoms with Crippen LogP contribution in [0.4, 0.5) is 5.88 Å². The van der Waals surface area contributed by atoms with Gasteiger partial charge in [-0.25, -0.2) is 0 Å². The smallest absolute Gasteiger partial charge is 0.232 e. The number of carbonyl (C=O) groups excluding carboxylic acids is 1. The largest absolute Gasteiger partial charge is 0.341 e. The maximum absolute atomic E-state index is 12.0. The van der Waals surface area contributed by atoms with E-state index >= 15 is 0 Å². The zero-order valence-electron chi connectivity index (χ0n) is 15.2. The summed E-state index contributed by atoms with van der Waals surface area (Å²) in [6.07, 6.45) is 0.918. The molecule has 0 aliphatic carbocycles. The Morgan fingerprint density at radius 2 is 1.92 bits per heavy atom. The number of nitrogens with zero attached hydrogens (tertiary/aromatic N) is 3. The fraction of sp³-hybridized carbons (Fsp3) is 0.474. The fourth-order valence-corrected chi connectivity index (χ4v) is 2.59. The summed E-state index contributed by atoms with van der Waals surface area (Å²) in [4.78, 5) is 15.9. The molecule has 0 saturated heterocycles. The molecular weight excluding hydrogens is 302 g/mol. The van der Waals surface area contributed by atoms with Crippen LogP contribution >= 0.6 is 0 Å². The lowest BCUT2D eigenvalue weighted by Crippen LogP contribution is -2.31. The number of hydrogen-bond donors (Lipinski definition) is 0. The van der Waals surface area contributed by atoms with E-state index < -0.39 is 0 Å². The van der Waals surface area contributed by atoms with Crippen molar-refractivity contribution in [3.8, 4) is 11.3 Å². The Hall–Kier alpha value is -2.30. The molecule has 0 radical (unpaired) electrons. The highest BCUT2D eigenvalue weighted by molar-refractivity contribution is 5.75. The van der Waals surface area contributed by atoms with Crippen LogP contribution in [0.25, 0.3) is 11.3 Å². The zero-order chi connectivity index (χ0) is 17.7. The molecule has 0 aliphatic rings. The summed E-state index contributed by atoms with van der Waals surface area (Å²) in [5.41, 5.74) is 2.76. The van der Waals surface area contributed by atoms with Crippen LogP contribution in [0.1, 0.15) is 39.7 Å². The number of carbonyl (C=O) groups is 1. The van der Waals surface area contributed by atoms with E-state index in [2.05, 4.69) is 30.8 Å². The van der Waals surface area contributed by atoms with Crippen molar-refractivity contribution >= 4 is 11.8 Å². The van der Waals surface area contributed by atoms with Crippen molar-refractivity contribution in [2.24, 2.45) is 0 Å². The van der Waals surface area contributed by atoms with Crippen LogP contribution in [-0.4, -0.2) is 35.6 Å². The third kappa shape index (κ3) is 3.96.